The van der Waals surface area contributed by atoms with Crippen molar-refractivity contribution in [1.82, 2.24) is 5.32 Å². The van der Waals surface area contributed by atoms with Gasteiger partial charge >= 0.3 is 0 Å². The van der Waals surface area contributed by atoms with E-state index in [4.69, 9.17) is 4.74 Å². The first-order valence-corrected chi connectivity index (χ1v) is 6.20. The molecular weight excluding hydrogens is 186 g/mol. The molecule has 0 rings (SSSR count). The number of ether oxygens (including phenoxy) is 1. The van der Waals surface area contributed by atoms with Crippen LogP contribution in [-0.4, -0.2) is 26.3 Å². The summed E-state index contributed by atoms with van der Waals surface area (Å²) in [5, 5.41) is 3.54. The molecule has 0 aliphatic carbocycles. The summed E-state index contributed by atoms with van der Waals surface area (Å²) in [5.74, 6) is 1.36. The molecule has 0 aromatic rings. The highest BCUT2D eigenvalue weighted by Crippen LogP contribution is 2.26. The third-order valence-corrected chi connectivity index (χ3v) is 3.11. The monoisotopic (exact) mass is 215 g/mol. The zero-order valence-corrected chi connectivity index (χ0v) is 11.4. The van der Waals surface area contributed by atoms with E-state index < -0.39 is 0 Å². The normalized spacial score (nSPS) is 16.0. The highest BCUT2D eigenvalue weighted by Gasteiger charge is 2.28. The first kappa shape index (κ1) is 14.9. The van der Waals surface area contributed by atoms with E-state index in [9.17, 15) is 0 Å². The molecule has 1 atom stereocenters. The molecule has 0 heterocycles. The Morgan fingerprint density at radius 1 is 1.20 bits per heavy atom. The average Bonchev–Trinajstić information content (AvgIpc) is 2.14. The first-order valence-electron chi connectivity index (χ1n) is 6.20. The van der Waals surface area contributed by atoms with E-state index >= 15 is 0 Å². The largest absolute Gasteiger partial charge is 0.381 e. The van der Waals surface area contributed by atoms with Gasteiger partial charge in [-0.2, -0.15) is 0 Å². The zero-order valence-electron chi connectivity index (χ0n) is 11.4. The number of nitrogens with one attached hydrogen (secondary N) is 1. The van der Waals surface area contributed by atoms with Crippen molar-refractivity contribution in [3.8, 4) is 0 Å². The van der Waals surface area contributed by atoms with Gasteiger partial charge in [-0.05, 0) is 25.3 Å². The van der Waals surface area contributed by atoms with Crippen LogP contribution in [-0.2, 0) is 4.74 Å². The van der Waals surface area contributed by atoms with Crippen LogP contribution in [0, 0.1) is 17.3 Å². The molecule has 0 aromatic heterocycles. The maximum atomic E-state index is 5.58. The minimum absolute atomic E-state index is 0.255. The highest BCUT2D eigenvalue weighted by molar-refractivity contribution is 4.80. The lowest BCUT2D eigenvalue weighted by Crippen LogP contribution is -2.41. The van der Waals surface area contributed by atoms with Gasteiger partial charge in [0.15, 0.2) is 0 Å². The van der Waals surface area contributed by atoms with E-state index in [0.717, 1.165) is 26.3 Å². The standard InChI is InChI=1S/C13H29NO/c1-7-15-10-13(6,12(4)5)9-14-8-11(2)3/h11-12,14H,7-10H2,1-6H3. The van der Waals surface area contributed by atoms with Gasteiger partial charge < -0.3 is 10.1 Å². The Morgan fingerprint density at radius 3 is 2.20 bits per heavy atom. The molecule has 15 heavy (non-hydrogen) atoms. The van der Waals surface area contributed by atoms with Gasteiger partial charge in [0.05, 0.1) is 6.61 Å². The molecule has 0 aliphatic heterocycles. The molecule has 1 N–H and O–H groups in total. The summed E-state index contributed by atoms with van der Waals surface area (Å²) in [5.41, 5.74) is 0.255. The number of hydrogen-bond acceptors (Lipinski definition) is 2. The second-order valence-electron chi connectivity index (χ2n) is 5.47. The van der Waals surface area contributed by atoms with E-state index in [1.165, 1.54) is 0 Å². The molecule has 1 unspecified atom stereocenters. The second kappa shape index (κ2) is 7.24. The molecule has 0 amide bonds. The maximum Gasteiger partial charge on any atom is 0.0534 e. The van der Waals surface area contributed by atoms with Crippen molar-refractivity contribution in [3.05, 3.63) is 0 Å². The van der Waals surface area contributed by atoms with Gasteiger partial charge in [0.25, 0.3) is 0 Å². The van der Waals surface area contributed by atoms with Crippen LogP contribution in [0.4, 0.5) is 0 Å². The van der Waals surface area contributed by atoms with E-state index in [-0.39, 0.29) is 5.41 Å². The Kier molecular flexibility index (Phi) is 7.20. The number of hydrogen-bond donors (Lipinski definition) is 1. The lowest BCUT2D eigenvalue weighted by atomic mass is 9.79. The smallest absolute Gasteiger partial charge is 0.0534 e. The molecule has 2 nitrogen and oxygen atoms in total. The summed E-state index contributed by atoms with van der Waals surface area (Å²) in [7, 11) is 0. The fourth-order valence-electron chi connectivity index (χ4n) is 1.40. The van der Waals surface area contributed by atoms with Gasteiger partial charge in [0.1, 0.15) is 0 Å². The minimum Gasteiger partial charge on any atom is -0.381 e. The molecule has 0 radical (unpaired) electrons. The Hall–Kier alpha value is -0.0800. The maximum absolute atomic E-state index is 5.58. The summed E-state index contributed by atoms with van der Waals surface area (Å²) >= 11 is 0. The molecule has 0 fully saturated rings. The van der Waals surface area contributed by atoms with Crippen molar-refractivity contribution in [3.63, 3.8) is 0 Å². The van der Waals surface area contributed by atoms with Crippen LogP contribution < -0.4 is 5.32 Å². The molecule has 0 aromatic carbocycles. The predicted molar refractivity (Wildman–Crippen MR) is 67.1 cm³/mol. The Balaban J connectivity index is 4.01. The van der Waals surface area contributed by atoms with Gasteiger partial charge in [-0.1, -0.05) is 34.6 Å². The average molecular weight is 215 g/mol. The summed E-state index contributed by atoms with van der Waals surface area (Å²) in [6.45, 7) is 17.2. The molecule has 0 aliphatic rings. The third kappa shape index (κ3) is 6.16. The van der Waals surface area contributed by atoms with Crippen molar-refractivity contribution < 1.29 is 4.74 Å². The molecule has 0 spiro atoms. The molecule has 0 saturated heterocycles. The van der Waals surface area contributed by atoms with Crippen molar-refractivity contribution in [2.75, 3.05) is 26.3 Å². The van der Waals surface area contributed by atoms with E-state index in [1.807, 2.05) is 0 Å². The van der Waals surface area contributed by atoms with Crippen LogP contribution in [0.25, 0.3) is 0 Å². The Bertz CT molecular complexity index is 157. The van der Waals surface area contributed by atoms with Crippen molar-refractivity contribution in [1.29, 1.82) is 0 Å². The first-order chi connectivity index (χ1) is 6.92. The van der Waals surface area contributed by atoms with Gasteiger partial charge in [0, 0.05) is 18.6 Å². The lowest BCUT2D eigenvalue weighted by molar-refractivity contribution is 0.0323. The van der Waals surface area contributed by atoms with Crippen LogP contribution in [0.5, 0.6) is 0 Å². The molecular formula is C13H29NO. The zero-order chi connectivity index (χ0) is 11.9. The number of rotatable bonds is 8. The van der Waals surface area contributed by atoms with E-state index in [2.05, 4.69) is 46.9 Å². The van der Waals surface area contributed by atoms with E-state index in [0.29, 0.717) is 11.8 Å². The van der Waals surface area contributed by atoms with Crippen LogP contribution in [0.3, 0.4) is 0 Å². The van der Waals surface area contributed by atoms with Gasteiger partial charge in [0.2, 0.25) is 0 Å². The van der Waals surface area contributed by atoms with Gasteiger partial charge in [-0.25, -0.2) is 0 Å². The molecule has 2 heteroatoms. The summed E-state index contributed by atoms with van der Waals surface area (Å²) < 4.78 is 5.58. The summed E-state index contributed by atoms with van der Waals surface area (Å²) in [6, 6.07) is 0. The lowest BCUT2D eigenvalue weighted by Gasteiger charge is -2.34. The quantitative estimate of drug-likeness (QED) is 0.672. The molecule has 0 saturated carbocycles. The molecule has 92 valence electrons. The topological polar surface area (TPSA) is 21.3 Å². The van der Waals surface area contributed by atoms with Crippen molar-refractivity contribution >= 4 is 0 Å². The van der Waals surface area contributed by atoms with Crippen LogP contribution in [0.2, 0.25) is 0 Å². The summed E-state index contributed by atoms with van der Waals surface area (Å²) in [4.78, 5) is 0. The van der Waals surface area contributed by atoms with Gasteiger partial charge in [-0.3, -0.25) is 0 Å². The minimum atomic E-state index is 0.255. The van der Waals surface area contributed by atoms with Crippen molar-refractivity contribution in [2.24, 2.45) is 17.3 Å². The Labute approximate surface area is 95.8 Å². The fraction of sp³-hybridized carbons (Fsp3) is 1.00. The summed E-state index contributed by atoms with van der Waals surface area (Å²) in [6.07, 6.45) is 0. The second-order valence-corrected chi connectivity index (χ2v) is 5.47. The van der Waals surface area contributed by atoms with Crippen LogP contribution >= 0.6 is 0 Å². The van der Waals surface area contributed by atoms with Crippen LogP contribution in [0.15, 0.2) is 0 Å². The fourth-order valence-corrected chi connectivity index (χ4v) is 1.40. The van der Waals surface area contributed by atoms with Gasteiger partial charge in [-0.15, -0.1) is 0 Å². The van der Waals surface area contributed by atoms with E-state index in [1.54, 1.807) is 0 Å². The molecule has 0 bridgehead atoms. The highest BCUT2D eigenvalue weighted by atomic mass is 16.5. The van der Waals surface area contributed by atoms with Crippen LogP contribution in [0.1, 0.15) is 41.5 Å². The Morgan fingerprint density at radius 2 is 1.80 bits per heavy atom. The van der Waals surface area contributed by atoms with Crippen molar-refractivity contribution in [2.45, 2.75) is 41.5 Å². The SMILES string of the molecule is CCOCC(C)(CNCC(C)C)C(C)C. The third-order valence-electron chi connectivity index (χ3n) is 3.11. The predicted octanol–water partition coefficient (Wildman–Crippen LogP) is 2.93.